The van der Waals surface area contributed by atoms with Gasteiger partial charge in [0.15, 0.2) is 6.61 Å². The Morgan fingerprint density at radius 1 is 0.882 bits per heavy atom. The SMILES string of the molecule is Cc1cc(Br)c(Cl)cc1NC(=O)COC(=O)CCC(=O)Nc1ccc(Oc2ccccc2)cc1. The molecule has 9 heteroatoms. The summed E-state index contributed by atoms with van der Waals surface area (Å²) in [6, 6.07) is 19.6. The van der Waals surface area contributed by atoms with E-state index >= 15 is 0 Å². The van der Waals surface area contributed by atoms with Gasteiger partial charge in [-0.15, -0.1) is 0 Å². The van der Waals surface area contributed by atoms with Crippen LogP contribution in [0.5, 0.6) is 11.5 Å². The molecule has 0 spiro atoms. The third-order valence-corrected chi connectivity index (χ3v) is 5.78. The van der Waals surface area contributed by atoms with E-state index in [4.69, 9.17) is 21.1 Å². The van der Waals surface area contributed by atoms with Crippen LogP contribution in [0.4, 0.5) is 11.4 Å². The summed E-state index contributed by atoms with van der Waals surface area (Å²) in [5.74, 6) is -0.160. The van der Waals surface area contributed by atoms with Crippen molar-refractivity contribution in [2.24, 2.45) is 0 Å². The van der Waals surface area contributed by atoms with E-state index in [9.17, 15) is 14.4 Å². The highest BCUT2D eigenvalue weighted by Crippen LogP contribution is 2.29. The maximum atomic E-state index is 12.1. The van der Waals surface area contributed by atoms with Crippen molar-refractivity contribution in [3.05, 3.63) is 81.8 Å². The number of halogens is 2. The second-order valence-corrected chi connectivity index (χ2v) is 8.54. The van der Waals surface area contributed by atoms with Gasteiger partial charge in [0, 0.05) is 22.3 Å². The van der Waals surface area contributed by atoms with Gasteiger partial charge in [-0.05, 0) is 76.9 Å². The highest BCUT2D eigenvalue weighted by Gasteiger charge is 2.13. The molecule has 0 bridgehead atoms. The van der Waals surface area contributed by atoms with Gasteiger partial charge in [-0.25, -0.2) is 0 Å². The largest absolute Gasteiger partial charge is 0.457 e. The number of rotatable bonds is 9. The van der Waals surface area contributed by atoms with Crippen molar-refractivity contribution in [3.8, 4) is 11.5 Å². The molecule has 3 rings (SSSR count). The van der Waals surface area contributed by atoms with Crippen molar-refractivity contribution in [2.45, 2.75) is 19.8 Å². The molecule has 0 saturated heterocycles. The highest BCUT2D eigenvalue weighted by atomic mass is 79.9. The molecule has 176 valence electrons. The Bertz CT molecular complexity index is 1170. The summed E-state index contributed by atoms with van der Waals surface area (Å²) in [4.78, 5) is 36.1. The van der Waals surface area contributed by atoms with Crippen LogP contribution >= 0.6 is 27.5 Å². The van der Waals surface area contributed by atoms with Crippen molar-refractivity contribution in [2.75, 3.05) is 17.2 Å². The van der Waals surface area contributed by atoms with Gasteiger partial charge in [0.1, 0.15) is 11.5 Å². The van der Waals surface area contributed by atoms with Crippen LogP contribution in [-0.4, -0.2) is 24.4 Å². The van der Waals surface area contributed by atoms with Crippen molar-refractivity contribution in [1.82, 2.24) is 0 Å². The summed E-state index contributed by atoms with van der Waals surface area (Å²) in [6.07, 6.45) is -0.235. The van der Waals surface area contributed by atoms with E-state index in [0.29, 0.717) is 32.4 Å². The molecule has 0 atom stereocenters. The van der Waals surface area contributed by atoms with Gasteiger partial charge in [-0.1, -0.05) is 29.8 Å². The summed E-state index contributed by atoms with van der Waals surface area (Å²) in [7, 11) is 0. The predicted octanol–water partition coefficient (Wildman–Crippen LogP) is 6.10. The maximum absolute atomic E-state index is 12.1. The third kappa shape index (κ3) is 7.90. The topological polar surface area (TPSA) is 93.7 Å². The van der Waals surface area contributed by atoms with Gasteiger partial charge in [-0.3, -0.25) is 14.4 Å². The zero-order chi connectivity index (χ0) is 24.5. The van der Waals surface area contributed by atoms with Crippen LogP contribution in [0.1, 0.15) is 18.4 Å². The molecule has 0 radical (unpaired) electrons. The minimum atomic E-state index is -0.650. The second-order valence-electron chi connectivity index (χ2n) is 7.28. The Kier molecular flexibility index (Phi) is 9.07. The smallest absolute Gasteiger partial charge is 0.306 e. The lowest BCUT2D eigenvalue weighted by Gasteiger charge is -2.10. The molecule has 3 aromatic carbocycles. The van der Waals surface area contributed by atoms with E-state index in [-0.39, 0.29) is 18.7 Å². The summed E-state index contributed by atoms with van der Waals surface area (Å²) in [6.45, 7) is 1.35. The molecule has 0 fully saturated rings. The zero-order valence-electron chi connectivity index (χ0n) is 18.3. The molecule has 0 aliphatic heterocycles. The molecule has 0 aliphatic rings. The highest BCUT2D eigenvalue weighted by molar-refractivity contribution is 9.10. The number of aryl methyl sites for hydroxylation is 1. The number of esters is 1. The number of amides is 2. The number of nitrogens with one attached hydrogen (secondary N) is 2. The Balaban J connectivity index is 1.38. The van der Waals surface area contributed by atoms with Gasteiger partial charge in [0.25, 0.3) is 5.91 Å². The van der Waals surface area contributed by atoms with Crippen LogP contribution in [0.3, 0.4) is 0 Å². The fourth-order valence-corrected chi connectivity index (χ4v) is 3.48. The quantitative estimate of drug-likeness (QED) is 0.317. The van der Waals surface area contributed by atoms with Crippen molar-refractivity contribution < 1.29 is 23.9 Å². The van der Waals surface area contributed by atoms with Gasteiger partial charge in [0.2, 0.25) is 5.91 Å². The van der Waals surface area contributed by atoms with Gasteiger partial charge >= 0.3 is 5.97 Å². The molecule has 0 heterocycles. The summed E-state index contributed by atoms with van der Waals surface area (Å²) in [5.41, 5.74) is 1.89. The molecule has 7 nitrogen and oxygen atoms in total. The van der Waals surface area contributed by atoms with Crippen LogP contribution in [0.2, 0.25) is 5.02 Å². The fraction of sp³-hybridized carbons (Fsp3) is 0.160. The van der Waals surface area contributed by atoms with Crippen LogP contribution in [0, 0.1) is 6.92 Å². The van der Waals surface area contributed by atoms with Gasteiger partial charge in [0.05, 0.1) is 11.4 Å². The number of carbonyl (C=O) groups is 3. The van der Waals surface area contributed by atoms with Gasteiger partial charge < -0.3 is 20.1 Å². The Morgan fingerprint density at radius 3 is 2.26 bits per heavy atom. The lowest BCUT2D eigenvalue weighted by molar-refractivity contribution is -0.147. The number of ether oxygens (including phenoxy) is 2. The van der Waals surface area contributed by atoms with E-state index in [2.05, 4.69) is 26.6 Å². The second kappa shape index (κ2) is 12.2. The number of carbonyl (C=O) groups excluding carboxylic acids is 3. The zero-order valence-corrected chi connectivity index (χ0v) is 20.6. The van der Waals surface area contributed by atoms with Crippen LogP contribution in [0.25, 0.3) is 0 Å². The fourth-order valence-electron chi connectivity index (χ4n) is 2.86. The molecule has 0 saturated carbocycles. The average molecular weight is 546 g/mol. The van der Waals surface area contributed by atoms with E-state index in [1.165, 1.54) is 0 Å². The first-order chi connectivity index (χ1) is 16.3. The third-order valence-electron chi connectivity index (χ3n) is 4.58. The first-order valence-electron chi connectivity index (χ1n) is 10.3. The molecule has 0 aliphatic carbocycles. The molecule has 3 aromatic rings. The van der Waals surface area contributed by atoms with E-state index in [1.54, 1.807) is 36.4 Å². The minimum Gasteiger partial charge on any atom is -0.457 e. The summed E-state index contributed by atoms with van der Waals surface area (Å²) < 4.78 is 11.4. The lowest BCUT2D eigenvalue weighted by Crippen LogP contribution is -2.22. The Labute approximate surface area is 210 Å². The Hall–Kier alpha value is -3.36. The Morgan fingerprint density at radius 2 is 1.56 bits per heavy atom. The summed E-state index contributed by atoms with van der Waals surface area (Å²) in [5, 5.41) is 5.79. The number of hydrogen-bond acceptors (Lipinski definition) is 5. The van der Waals surface area contributed by atoms with Crippen molar-refractivity contribution in [1.29, 1.82) is 0 Å². The molecule has 2 amide bonds. The van der Waals surface area contributed by atoms with Crippen LogP contribution in [-0.2, 0) is 19.1 Å². The summed E-state index contributed by atoms with van der Waals surface area (Å²) >= 11 is 9.35. The monoisotopic (exact) mass is 544 g/mol. The number of anilines is 2. The minimum absolute atomic E-state index is 0.0792. The standard InChI is InChI=1S/C25H22BrClN2O5/c1-16-13-20(26)21(27)14-22(16)29-24(31)15-33-25(32)12-11-23(30)28-17-7-9-19(10-8-17)34-18-5-3-2-4-6-18/h2-10,13-14H,11-12,15H2,1H3,(H,28,30)(H,29,31). The van der Waals surface area contributed by atoms with E-state index < -0.39 is 18.5 Å². The maximum Gasteiger partial charge on any atom is 0.306 e. The number of benzene rings is 3. The average Bonchev–Trinajstić information content (AvgIpc) is 2.82. The van der Waals surface area contributed by atoms with Crippen LogP contribution in [0.15, 0.2) is 71.2 Å². The normalized spacial score (nSPS) is 10.3. The number of para-hydroxylation sites is 1. The predicted molar refractivity (Wildman–Crippen MR) is 134 cm³/mol. The molecular formula is C25H22BrClN2O5. The first-order valence-corrected chi connectivity index (χ1v) is 11.5. The number of hydrogen-bond donors (Lipinski definition) is 2. The molecule has 34 heavy (non-hydrogen) atoms. The molecular weight excluding hydrogens is 524 g/mol. The van der Waals surface area contributed by atoms with Crippen molar-refractivity contribution >= 4 is 56.7 Å². The van der Waals surface area contributed by atoms with Crippen molar-refractivity contribution in [3.63, 3.8) is 0 Å². The first kappa shape index (κ1) is 25.3. The van der Waals surface area contributed by atoms with E-state index in [0.717, 1.165) is 5.56 Å². The lowest BCUT2D eigenvalue weighted by atomic mass is 10.2. The van der Waals surface area contributed by atoms with Crippen LogP contribution < -0.4 is 15.4 Å². The molecule has 2 N–H and O–H groups in total. The molecule has 0 aromatic heterocycles. The van der Waals surface area contributed by atoms with Gasteiger partial charge in [-0.2, -0.15) is 0 Å². The van der Waals surface area contributed by atoms with E-state index in [1.807, 2.05) is 37.3 Å². The molecule has 0 unspecified atom stereocenters.